The zero-order chi connectivity index (χ0) is 12.8. The van der Waals surface area contributed by atoms with E-state index in [1.54, 1.807) is 0 Å². The molecule has 1 aliphatic rings. The molecule has 0 radical (unpaired) electrons. The van der Waals surface area contributed by atoms with E-state index in [0.717, 1.165) is 29.6 Å². The second kappa shape index (κ2) is 6.89. The number of halogens is 3. The van der Waals surface area contributed by atoms with Crippen LogP contribution in [0.1, 0.15) is 57.2 Å². The summed E-state index contributed by atoms with van der Waals surface area (Å²) in [6.45, 7) is 8.00. The molecule has 0 spiro atoms. The molecule has 1 fully saturated rings. The molecule has 5 heteroatoms. The standard InChI is InChI=1S/C7H6F3NS.2C2H6/c8-7(9,10)5-3-12-6(11-5)4-1-2-4;2*1-2/h3-4H,1-2H2;2*1-2H3. The summed E-state index contributed by atoms with van der Waals surface area (Å²) in [7, 11) is 0. The molecule has 1 aliphatic carbocycles. The molecule has 2 rings (SSSR count). The highest BCUT2D eigenvalue weighted by Gasteiger charge is 2.36. The van der Waals surface area contributed by atoms with Crippen molar-refractivity contribution >= 4 is 11.3 Å². The minimum absolute atomic E-state index is 0.311. The van der Waals surface area contributed by atoms with Crippen LogP contribution in [0.4, 0.5) is 13.2 Å². The second-order valence-electron chi connectivity index (χ2n) is 2.84. The van der Waals surface area contributed by atoms with Crippen LogP contribution in [0.5, 0.6) is 0 Å². The molecule has 0 amide bonds. The van der Waals surface area contributed by atoms with Gasteiger partial charge in [0.1, 0.15) is 0 Å². The van der Waals surface area contributed by atoms with E-state index in [4.69, 9.17) is 0 Å². The van der Waals surface area contributed by atoms with Gasteiger partial charge in [0.15, 0.2) is 5.69 Å². The summed E-state index contributed by atoms with van der Waals surface area (Å²) in [6.07, 6.45) is -2.29. The predicted molar refractivity (Wildman–Crippen MR) is 61.8 cm³/mol. The molecule has 0 N–H and O–H groups in total. The van der Waals surface area contributed by atoms with Gasteiger partial charge in [-0.1, -0.05) is 27.7 Å². The summed E-state index contributed by atoms with van der Waals surface area (Å²) in [6, 6.07) is 0. The molecule has 1 nitrogen and oxygen atoms in total. The fourth-order valence-electron chi connectivity index (χ4n) is 0.936. The first-order valence-electron chi connectivity index (χ1n) is 5.60. The van der Waals surface area contributed by atoms with E-state index < -0.39 is 11.9 Å². The molecule has 94 valence electrons. The average Bonchev–Trinajstić information content (AvgIpc) is 3.00. The molecular weight excluding hydrogens is 235 g/mol. The van der Waals surface area contributed by atoms with Crippen LogP contribution < -0.4 is 0 Å². The molecule has 16 heavy (non-hydrogen) atoms. The molecule has 0 aliphatic heterocycles. The highest BCUT2D eigenvalue weighted by Crippen LogP contribution is 2.43. The molecule has 1 saturated carbocycles. The Morgan fingerprint density at radius 2 is 1.69 bits per heavy atom. The van der Waals surface area contributed by atoms with Gasteiger partial charge < -0.3 is 0 Å². The quantitative estimate of drug-likeness (QED) is 0.679. The van der Waals surface area contributed by atoms with Gasteiger partial charge in [-0.05, 0) is 12.8 Å². The number of alkyl halides is 3. The molecule has 0 atom stereocenters. The van der Waals surface area contributed by atoms with Crippen molar-refractivity contribution < 1.29 is 13.2 Å². The Morgan fingerprint density at radius 3 is 2.00 bits per heavy atom. The first-order chi connectivity index (χ1) is 7.57. The Hall–Kier alpha value is -0.580. The minimum Gasteiger partial charge on any atom is -0.236 e. The normalized spacial score (nSPS) is 14.4. The number of thiazole rings is 1. The van der Waals surface area contributed by atoms with Crippen molar-refractivity contribution in [1.29, 1.82) is 0 Å². The van der Waals surface area contributed by atoms with Crippen LogP contribution >= 0.6 is 11.3 Å². The molecule has 0 bridgehead atoms. The first kappa shape index (κ1) is 15.4. The third kappa shape index (κ3) is 4.51. The van der Waals surface area contributed by atoms with Gasteiger partial charge in [-0.2, -0.15) is 13.2 Å². The van der Waals surface area contributed by atoms with Crippen LogP contribution in [0.25, 0.3) is 0 Å². The van der Waals surface area contributed by atoms with Gasteiger partial charge in [0.2, 0.25) is 0 Å². The lowest BCUT2D eigenvalue weighted by atomic mass is 10.4. The Balaban J connectivity index is 0.000000509. The van der Waals surface area contributed by atoms with Gasteiger partial charge in [-0.25, -0.2) is 4.98 Å². The van der Waals surface area contributed by atoms with Gasteiger partial charge in [0.05, 0.1) is 5.01 Å². The first-order valence-corrected chi connectivity index (χ1v) is 6.48. The van der Waals surface area contributed by atoms with Crippen LogP contribution in [0.3, 0.4) is 0 Å². The largest absolute Gasteiger partial charge is 0.434 e. The van der Waals surface area contributed by atoms with E-state index in [2.05, 4.69) is 4.98 Å². The van der Waals surface area contributed by atoms with Crippen molar-refractivity contribution in [2.75, 3.05) is 0 Å². The zero-order valence-electron chi connectivity index (χ0n) is 10.1. The van der Waals surface area contributed by atoms with E-state index in [1.807, 2.05) is 27.7 Å². The molecule has 0 unspecified atom stereocenters. The van der Waals surface area contributed by atoms with Crippen molar-refractivity contribution in [3.05, 3.63) is 16.1 Å². The van der Waals surface area contributed by atoms with Gasteiger partial charge in [-0.15, -0.1) is 11.3 Å². The third-order valence-corrected chi connectivity index (χ3v) is 2.75. The van der Waals surface area contributed by atoms with Gasteiger partial charge in [-0.3, -0.25) is 0 Å². The fraction of sp³-hybridized carbons (Fsp3) is 0.727. The molecular formula is C11H18F3NS. The van der Waals surface area contributed by atoms with Gasteiger partial charge in [0.25, 0.3) is 0 Å². The van der Waals surface area contributed by atoms with Gasteiger partial charge >= 0.3 is 6.18 Å². The Morgan fingerprint density at radius 1 is 1.19 bits per heavy atom. The average molecular weight is 253 g/mol. The second-order valence-corrected chi connectivity index (χ2v) is 3.73. The lowest BCUT2D eigenvalue weighted by Crippen LogP contribution is -2.05. The fourth-order valence-corrected chi connectivity index (χ4v) is 1.93. The zero-order valence-corrected chi connectivity index (χ0v) is 10.9. The molecule has 1 aromatic rings. The van der Waals surface area contributed by atoms with Crippen molar-refractivity contribution in [2.45, 2.75) is 52.6 Å². The van der Waals surface area contributed by atoms with E-state index in [9.17, 15) is 13.2 Å². The van der Waals surface area contributed by atoms with Crippen molar-refractivity contribution in [1.82, 2.24) is 4.98 Å². The maximum atomic E-state index is 12.0. The molecule has 0 aromatic carbocycles. The summed E-state index contributed by atoms with van der Waals surface area (Å²) >= 11 is 1.12. The van der Waals surface area contributed by atoms with Crippen LogP contribution in [-0.2, 0) is 6.18 Å². The maximum Gasteiger partial charge on any atom is 0.434 e. The predicted octanol–water partition coefficient (Wildman–Crippen LogP) is 5.09. The lowest BCUT2D eigenvalue weighted by molar-refractivity contribution is -0.140. The maximum absolute atomic E-state index is 12.0. The van der Waals surface area contributed by atoms with E-state index in [-0.39, 0.29) is 0 Å². The Bertz CT molecular complexity index is 290. The van der Waals surface area contributed by atoms with E-state index >= 15 is 0 Å². The minimum atomic E-state index is -4.27. The van der Waals surface area contributed by atoms with Crippen molar-refractivity contribution in [2.24, 2.45) is 0 Å². The van der Waals surface area contributed by atoms with Crippen molar-refractivity contribution in [3.8, 4) is 0 Å². The van der Waals surface area contributed by atoms with E-state index in [1.165, 1.54) is 0 Å². The number of hydrogen-bond acceptors (Lipinski definition) is 2. The Kier molecular flexibility index (Phi) is 6.64. The third-order valence-electron chi connectivity index (χ3n) is 1.74. The summed E-state index contributed by atoms with van der Waals surface area (Å²) in [5.41, 5.74) is -0.741. The highest BCUT2D eigenvalue weighted by molar-refractivity contribution is 7.09. The Labute approximate surface area is 98.7 Å². The molecule has 0 saturated heterocycles. The lowest BCUT2D eigenvalue weighted by Gasteiger charge is -1.99. The van der Waals surface area contributed by atoms with Crippen molar-refractivity contribution in [3.63, 3.8) is 0 Å². The number of nitrogens with zero attached hydrogens (tertiary/aromatic N) is 1. The summed E-state index contributed by atoms with van der Waals surface area (Å²) in [5.74, 6) is 0.311. The molecule has 1 aromatic heterocycles. The number of aromatic nitrogens is 1. The van der Waals surface area contributed by atoms with Gasteiger partial charge in [0, 0.05) is 11.3 Å². The molecule has 1 heterocycles. The smallest absolute Gasteiger partial charge is 0.236 e. The monoisotopic (exact) mass is 253 g/mol. The summed E-state index contributed by atoms with van der Waals surface area (Å²) in [5, 5.41) is 1.73. The van der Waals surface area contributed by atoms with Crippen LogP contribution in [0.15, 0.2) is 5.38 Å². The van der Waals surface area contributed by atoms with Crippen LogP contribution in [0.2, 0.25) is 0 Å². The van der Waals surface area contributed by atoms with Crippen LogP contribution in [-0.4, -0.2) is 4.98 Å². The SMILES string of the molecule is CC.CC.FC(F)(F)c1csc(C2CC2)n1. The van der Waals surface area contributed by atoms with E-state index in [0.29, 0.717) is 10.9 Å². The number of rotatable bonds is 1. The highest BCUT2D eigenvalue weighted by atomic mass is 32.1. The number of hydrogen-bond donors (Lipinski definition) is 0. The van der Waals surface area contributed by atoms with Crippen LogP contribution in [0, 0.1) is 0 Å². The summed E-state index contributed by atoms with van der Waals surface area (Å²) < 4.78 is 36.1. The topological polar surface area (TPSA) is 12.9 Å². The summed E-state index contributed by atoms with van der Waals surface area (Å²) in [4.78, 5) is 3.54.